The predicted molar refractivity (Wildman–Crippen MR) is 35.8 cm³/mol. The van der Waals surface area contributed by atoms with Crippen LogP contribution in [0.25, 0.3) is 0 Å². The van der Waals surface area contributed by atoms with E-state index in [1.807, 2.05) is 0 Å². The van der Waals surface area contributed by atoms with Crippen molar-refractivity contribution >= 4 is 5.97 Å². The van der Waals surface area contributed by atoms with Crippen LogP contribution >= 0.6 is 0 Å². The molecule has 0 saturated carbocycles. The highest BCUT2D eigenvalue weighted by Gasteiger charge is 2.50. The highest BCUT2D eigenvalue weighted by Crippen LogP contribution is 2.31. The molecule has 0 bridgehead atoms. The summed E-state index contributed by atoms with van der Waals surface area (Å²) in [4.78, 5) is 10.4. The molecule has 0 aromatic carbocycles. The number of halogens is 2. The first-order valence-corrected chi connectivity index (χ1v) is 3.35. The van der Waals surface area contributed by atoms with Crippen molar-refractivity contribution in [3.63, 3.8) is 0 Å². The molecule has 1 saturated heterocycles. The van der Waals surface area contributed by atoms with Gasteiger partial charge in [-0.2, -0.15) is 0 Å². The first-order valence-electron chi connectivity index (χ1n) is 3.35. The maximum atomic E-state index is 12.4. The van der Waals surface area contributed by atoms with Crippen molar-refractivity contribution in [1.29, 1.82) is 0 Å². The van der Waals surface area contributed by atoms with Crippen LogP contribution in [0.15, 0.2) is 12.7 Å². The Bertz CT molecular complexity index is 203. The molecule has 1 atom stereocenters. The molecule has 3 nitrogen and oxygen atoms in total. The van der Waals surface area contributed by atoms with Crippen LogP contribution < -0.4 is 0 Å². The predicted octanol–water partition coefficient (Wildman–Crippen LogP) is 0.750. The monoisotopic (exact) mass is 178 g/mol. The molecule has 0 radical (unpaired) electrons. The van der Waals surface area contributed by atoms with Crippen LogP contribution in [-0.2, 0) is 14.3 Å². The third kappa shape index (κ3) is 1.79. The third-order valence-electron chi connectivity index (χ3n) is 1.49. The molecular formula is C7H8F2O3. The zero-order valence-electron chi connectivity index (χ0n) is 6.26. The summed E-state index contributed by atoms with van der Waals surface area (Å²) in [5.74, 6) is -3.58. The fraction of sp³-hybridized carbons (Fsp3) is 0.571. The maximum Gasteiger partial charge on any atom is 0.330 e. The Morgan fingerprint density at radius 1 is 1.83 bits per heavy atom. The van der Waals surface area contributed by atoms with Crippen LogP contribution in [0.4, 0.5) is 8.78 Å². The second kappa shape index (κ2) is 3.18. The molecule has 1 unspecified atom stereocenters. The molecule has 1 aliphatic heterocycles. The number of rotatable bonds is 3. The minimum absolute atomic E-state index is 0.419. The second-order valence-corrected chi connectivity index (χ2v) is 2.39. The van der Waals surface area contributed by atoms with E-state index in [0.29, 0.717) is 0 Å². The van der Waals surface area contributed by atoms with E-state index < -0.39 is 31.2 Å². The summed E-state index contributed by atoms with van der Waals surface area (Å²) in [7, 11) is 0. The Labute approximate surface area is 68.0 Å². The standard InChI is InChI=1S/C7H8F2O3/c1-2-6(10)11-3-5-7(8,9)4-12-5/h2,5H,1,3-4H2. The van der Waals surface area contributed by atoms with Crippen molar-refractivity contribution in [3.8, 4) is 0 Å². The molecule has 0 aliphatic carbocycles. The normalized spacial score (nSPS) is 25.7. The van der Waals surface area contributed by atoms with Gasteiger partial charge in [0.1, 0.15) is 13.2 Å². The minimum atomic E-state index is -2.86. The first kappa shape index (κ1) is 9.12. The smallest absolute Gasteiger partial charge is 0.330 e. The van der Waals surface area contributed by atoms with Crippen LogP contribution in [0.5, 0.6) is 0 Å². The van der Waals surface area contributed by atoms with Gasteiger partial charge in [-0.1, -0.05) is 6.58 Å². The van der Waals surface area contributed by atoms with Crippen LogP contribution in [-0.4, -0.2) is 31.2 Å². The number of esters is 1. The number of carbonyl (C=O) groups is 1. The fourth-order valence-electron chi connectivity index (χ4n) is 0.714. The number of hydrogen-bond acceptors (Lipinski definition) is 3. The van der Waals surface area contributed by atoms with Gasteiger partial charge in [0.25, 0.3) is 5.92 Å². The zero-order valence-corrected chi connectivity index (χ0v) is 6.26. The topological polar surface area (TPSA) is 35.5 Å². The molecule has 0 aromatic rings. The van der Waals surface area contributed by atoms with Gasteiger partial charge < -0.3 is 9.47 Å². The summed E-state index contributed by atoms with van der Waals surface area (Å²) in [6, 6.07) is 0. The Balaban J connectivity index is 2.24. The maximum absolute atomic E-state index is 12.4. The zero-order chi connectivity index (χ0) is 9.19. The van der Waals surface area contributed by atoms with Gasteiger partial charge in [-0.3, -0.25) is 0 Å². The largest absolute Gasteiger partial charge is 0.460 e. The number of alkyl halides is 2. The molecule has 1 heterocycles. The van der Waals surface area contributed by atoms with Crippen molar-refractivity contribution in [2.45, 2.75) is 12.0 Å². The van der Waals surface area contributed by atoms with Gasteiger partial charge in [-0.25, -0.2) is 13.6 Å². The summed E-state index contributed by atoms with van der Waals surface area (Å²) in [5.41, 5.74) is 0. The number of ether oxygens (including phenoxy) is 2. The van der Waals surface area contributed by atoms with Gasteiger partial charge in [-0.05, 0) is 0 Å². The van der Waals surface area contributed by atoms with E-state index in [4.69, 9.17) is 0 Å². The van der Waals surface area contributed by atoms with Crippen molar-refractivity contribution < 1.29 is 23.0 Å². The van der Waals surface area contributed by atoms with E-state index in [9.17, 15) is 13.6 Å². The van der Waals surface area contributed by atoms with Gasteiger partial charge in [-0.15, -0.1) is 0 Å². The minimum Gasteiger partial charge on any atom is -0.460 e. The van der Waals surface area contributed by atoms with Crippen LogP contribution in [0.3, 0.4) is 0 Å². The molecule has 1 rings (SSSR count). The lowest BCUT2D eigenvalue weighted by molar-refractivity contribution is -0.274. The lowest BCUT2D eigenvalue weighted by atomic mass is 10.1. The number of hydrogen-bond donors (Lipinski definition) is 0. The molecule has 1 aliphatic rings. The molecule has 5 heteroatoms. The average molecular weight is 178 g/mol. The first-order chi connectivity index (χ1) is 5.56. The summed E-state index contributed by atoms with van der Waals surface area (Å²) in [6.45, 7) is 2.10. The molecular weight excluding hydrogens is 170 g/mol. The van der Waals surface area contributed by atoms with Crippen molar-refractivity contribution in [3.05, 3.63) is 12.7 Å². The Morgan fingerprint density at radius 2 is 2.50 bits per heavy atom. The quantitative estimate of drug-likeness (QED) is 0.472. The van der Waals surface area contributed by atoms with Gasteiger partial charge in [0.2, 0.25) is 0 Å². The molecule has 0 N–H and O–H groups in total. The van der Waals surface area contributed by atoms with E-state index in [2.05, 4.69) is 16.1 Å². The SMILES string of the molecule is C=CC(=O)OCC1OCC1(F)F. The summed E-state index contributed by atoms with van der Waals surface area (Å²) in [6.07, 6.45) is -0.377. The van der Waals surface area contributed by atoms with Crippen LogP contribution in [0.2, 0.25) is 0 Å². The van der Waals surface area contributed by atoms with Crippen molar-refractivity contribution in [1.82, 2.24) is 0 Å². The lowest BCUT2D eigenvalue weighted by Gasteiger charge is -2.35. The highest BCUT2D eigenvalue weighted by molar-refractivity contribution is 5.81. The van der Waals surface area contributed by atoms with E-state index in [0.717, 1.165) is 6.08 Å². The van der Waals surface area contributed by atoms with E-state index in [-0.39, 0.29) is 0 Å². The Morgan fingerprint density at radius 3 is 2.83 bits per heavy atom. The molecule has 0 spiro atoms. The van der Waals surface area contributed by atoms with Crippen molar-refractivity contribution in [2.24, 2.45) is 0 Å². The Hall–Kier alpha value is -0.970. The average Bonchev–Trinajstić information content (AvgIpc) is 2.02. The fourth-order valence-corrected chi connectivity index (χ4v) is 0.714. The molecule has 0 amide bonds. The van der Waals surface area contributed by atoms with E-state index in [1.54, 1.807) is 0 Å². The van der Waals surface area contributed by atoms with Gasteiger partial charge >= 0.3 is 5.97 Å². The third-order valence-corrected chi connectivity index (χ3v) is 1.49. The highest BCUT2D eigenvalue weighted by atomic mass is 19.3. The van der Waals surface area contributed by atoms with E-state index in [1.165, 1.54) is 0 Å². The lowest BCUT2D eigenvalue weighted by Crippen LogP contribution is -2.54. The molecule has 0 aromatic heterocycles. The second-order valence-electron chi connectivity index (χ2n) is 2.39. The van der Waals surface area contributed by atoms with Crippen LogP contribution in [0.1, 0.15) is 0 Å². The molecule has 12 heavy (non-hydrogen) atoms. The van der Waals surface area contributed by atoms with Gasteiger partial charge in [0.15, 0.2) is 6.10 Å². The van der Waals surface area contributed by atoms with Gasteiger partial charge in [0, 0.05) is 6.08 Å². The van der Waals surface area contributed by atoms with Crippen LogP contribution in [0, 0.1) is 0 Å². The summed E-state index contributed by atoms with van der Waals surface area (Å²) >= 11 is 0. The number of carbonyl (C=O) groups excluding carboxylic acids is 1. The van der Waals surface area contributed by atoms with Gasteiger partial charge in [0.05, 0.1) is 0 Å². The molecule has 1 fully saturated rings. The summed E-state index contributed by atoms with van der Waals surface area (Å²) < 4.78 is 33.7. The summed E-state index contributed by atoms with van der Waals surface area (Å²) in [5, 5.41) is 0. The Kier molecular flexibility index (Phi) is 2.42. The van der Waals surface area contributed by atoms with Crippen molar-refractivity contribution in [2.75, 3.05) is 13.2 Å². The molecule has 68 valence electrons. The van der Waals surface area contributed by atoms with E-state index >= 15 is 0 Å².